The Kier molecular flexibility index (Phi) is 8.41. The number of amides is 1. The van der Waals surface area contributed by atoms with E-state index in [1.807, 2.05) is 0 Å². The van der Waals surface area contributed by atoms with Crippen LogP contribution in [-0.4, -0.2) is 54.5 Å². The zero-order chi connectivity index (χ0) is 30.7. The number of hydrogen-bond donors (Lipinski definition) is 2. The number of carbonyl (C=O) groups is 1. The van der Waals surface area contributed by atoms with E-state index in [-0.39, 0.29) is 16.9 Å². The van der Waals surface area contributed by atoms with Crippen LogP contribution in [0, 0.1) is 25.7 Å². The van der Waals surface area contributed by atoms with Gasteiger partial charge in [0, 0.05) is 35.3 Å². The van der Waals surface area contributed by atoms with Crippen molar-refractivity contribution in [3.63, 3.8) is 0 Å². The van der Waals surface area contributed by atoms with Gasteiger partial charge in [0.2, 0.25) is 0 Å². The molecule has 11 nitrogen and oxygen atoms in total. The van der Waals surface area contributed by atoms with Crippen LogP contribution in [0.15, 0.2) is 67.4 Å². The average molecular weight is 598 g/mol. The van der Waals surface area contributed by atoms with E-state index in [4.69, 9.17) is 4.55 Å². The predicted octanol–water partition coefficient (Wildman–Crippen LogP) is 4.10. The van der Waals surface area contributed by atoms with E-state index in [0.29, 0.717) is 34.4 Å². The van der Waals surface area contributed by atoms with Crippen LogP contribution in [-0.2, 0) is 16.3 Å². The molecule has 15 heteroatoms. The van der Waals surface area contributed by atoms with Crippen molar-refractivity contribution in [2.45, 2.75) is 20.0 Å². The molecule has 216 valence electrons. The lowest BCUT2D eigenvalue weighted by atomic mass is 10.0. The topological polar surface area (TPSA) is 144 Å². The zero-order valence-electron chi connectivity index (χ0n) is 22.2. The Morgan fingerprint density at radius 1 is 1.07 bits per heavy atom. The van der Waals surface area contributed by atoms with Gasteiger partial charge >= 0.3 is 6.18 Å². The summed E-state index contributed by atoms with van der Waals surface area (Å²) in [6, 6.07) is 10.00. The van der Waals surface area contributed by atoms with Gasteiger partial charge in [-0.05, 0) is 49.7 Å². The highest BCUT2D eigenvalue weighted by molar-refractivity contribution is 7.85. The third-order valence-corrected chi connectivity index (χ3v) is 5.54. The maximum Gasteiger partial charge on any atom is 0.416 e. The molecule has 42 heavy (non-hydrogen) atoms. The second kappa shape index (κ2) is 11.8. The SMILES string of the molecule is CS(=O)(=O)O.Cc1ncn(-c2cc(NC(=O)c3cccc(C#Cc4cnc5ccnn5c4)c3C)cc(C(F)(F)F)c2)n1. The van der Waals surface area contributed by atoms with E-state index in [2.05, 4.69) is 37.3 Å². The van der Waals surface area contributed by atoms with Crippen LogP contribution >= 0.6 is 0 Å². The van der Waals surface area contributed by atoms with Gasteiger partial charge in [-0.3, -0.25) is 9.35 Å². The zero-order valence-corrected chi connectivity index (χ0v) is 23.1. The molecule has 3 heterocycles. The van der Waals surface area contributed by atoms with Gasteiger partial charge in [-0.25, -0.2) is 19.2 Å². The number of nitrogens with one attached hydrogen (secondary N) is 1. The monoisotopic (exact) mass is 597 g/mol. The first-order valence-electron chi connectivity index (χ1n) is 11.9. The minimum absolute atomic E-state index is 0.0301. The second-order valence-electron chi connectivity index (χ2n) is 8.89. The van der Waals surface area contributed by atoms with E-state index < -0.39 is 27.8 Å². The van der Waals surface area contributed by atoms with Crippen molar-refractivity contribution >= 4 is 27.4 Å². The summed E-state index contributed by atoms with van der Waals surface area (Å²) < 4.78 is 69.4. The van der Waals surface area contributed by atoms with Gasteiger partial charge < -0.3 is 5.32 Å². The van der Waals surface area contributed by atoms with Gasteiger partial charge in [0.1, 0.15) is 12.2 Å². The summed E-state index contributed by atoms with van der Waals surface area (Å²) in [5.74, 6) is 5.87. The summed E-state index contributed by atoms with van der Waals surface area (Å²) in [6.45, 7) is 3.35. The number of benzene rings is 2. The number of nitrogens with zero attached hydrogens (tertiary/aromatic N) is 6. The summed E-state index contributed by atoms with van der Waals surface area (Å²) in [6.07, 6.45) is 2.40. The average Bonchev–Trinajstić information content (AvgIpc) is 3.55. The quantitative estimate of drug-likeness (QED) is 0.234. The number of aromatic nitrogens is 6. The lowest BCUT2D eigenvalue weighted by molar-refractivity contribution is -0.137. The van der Waals surface area contributed by atoms with E-state index in [0.717, 1.165) is 12.1 Å². The van der Waals surface area contributed by atoms with Crippen molar-refractivity contribution in [2.24, 2.45) is 0 Å². The second-order valence-corrected chi connectivity index (χ2v) is 10.4. The number of rotatable bonds is 3. The maximum absolute atomic E-state index is 13.6. The summed E-state index contributed by atoms with van der Waals surface area (Å²) in [4.78, 5) is 21.3. The summed E-state index contributed by atoms with van der Waals surface area (Å²) in [7, 11) is -3.67. The Morgan fingerprint density at radius 2 is 1.81 bits per heavy atom. The molecule has 0 aliphatic rings. The molecule has 0 atom stereocenters. The van der Waals surface area contributed by atoms with E-state index in [1.165, 1.54) is 17.1 Å². The molecule has 2 aromatic carbocycles. The Bertz CT molecular complexity index is 1950. The fraction of sp³-hybridized carbons (Fsp3) is 0.148. The Balaban J connectivity index is 0.000000748. The van der Waals surface area contributed by atoms with Gasteiger partial charge in [0.25, 0.3) is 16.0 Å². The number of anilines is 1. The summed E-state index contributed by atoms with van der Waals surface area (Å²) in [5, 5.41) is 10.8. The molecule has 0 unspecified atom stereocenters. The molecular weight excluding hydrogens is 575 g/mol. The molecule has 0 saturated carbocycles. The van der Waals surface area contributed by atoms with Crippen LogP contribution in [0.3, 0.4) is 0 Å². The third kappa shape index (κ3) is 7.77. The molecule has 2 N–H and O–H groups in total. The molecule has 0 spiro atoms. The lowest BCUT2D eigenvalue weighted by Crippen LogP contribution is -2.15. The van der Waals surface area contributed by atoms with Crippen LogP contribution in [0.5, 0.6) is 0 Å². The van der Waals surface area contributed by atoms with Gasteiger partial charge in [-0.1, -0.05) is 17.9 Å². The molecule has 1 amide bonds. The molecule has 5 rings (SSSR count). The maximum atomic E-state index is 13.6. The Morgan fingerprint density at radius 3 is 2.48 bits per heavy atom. The largest absolute Gasteiger partial charge is 0.416 e. The fourth-order valence-electron chi connectivity index (χ4n) is 3.68. The van der Waals surface area contributed by atoms with Crippen LogP contribution < -0.4 is 5.32 Å². The van der Waals surface area contributed by atoms with E-state index in [1.54, 1.807) is 61.2 Å². The first-order chi connectivity index (χ1) is 19.7. The van der Waals surface area contributed by atoms with Crippen LogP contribution in [0.1, 0.15) is 38.4 Å². The van der Waals surface area contributed by atoms with Gasteiger partial charge in [-0.15, -0.1) is 0 Å². The van der Waals surface area contributed by atoms with Crippen molar-refractivity contribution in [2.75, 3.05) is 11.6 Å². The number of hydrogen-bond acceptors (Lipinski definition) is 7. The van der Waals surface area contributed by atoms with Crippen LogP contribution in [0.2, 0.25) is 0 Å². The minimum Gasteiger partial charge on any atom is -0.322 e. The van der Waals surface area contributed by atoms with Gasteiger partial charge in [-0.2, -0.15) is 31.8 Å². The molecule has 0 aliphatic carbocycles. The molecule has 0 aliphatic heterocycles. The summed E-state index contributed by atoms with van der Waals surface area (Å²) >= 11 is 0. The van der Waals surface area contributed by atoms with Crippen LogP contribution in [0.25, 0.3) is 11.3 Å². The lowest BCUT2D eigenvalue weighted by Gasteiger charge is -2.14. The van der Waals surface area contributed by atoms with Crippen molar-refractivity contribution < 1.29 is 30.9 Å². The highest BCUT2D eigenvalue weighted by atomic mass is 32.2. The van der Waals surface area contributed by atoms with Crippen molar-refractivity contribution in [1.29, 1.82) is 0 Å². The van der Waals surface area contributed by atoms with Gasteiger partial charge in [0.15, 0.2) is 5.65 Å². The van der Waals surface area contributed by atoms with E-state index in [9.17, 15) is 26.4 Å². The third-order valence-electron chi connectivity index (χ3n) is 5.54. The molecule has 0 bridgehead atoms. The number of alkyl halides is 3. The molecule has 0 saturated heterocycles. The highest BCUT2D eigenvalue weighted by Gasteiger charge is 2.31. The highest BCUT2D eigenvalue weighted by Crippen LogP contribution is 2.33. The normalized spacial score (nSPS) is 11.3. The number of aryl methyl sites for hydroxylation is 1. The molecular formula is C27H22F3N7O4S. The first kappa shape index (κ1) is 29.9. The van der Waals surface area contributed by atoms with E-state index >= 15 is 0 Å². The number of halogens is 3. The van der Waals surface area contributed by atoms with Crippen LogP contribution in [0.4, 0.5) is 18.9 Å². The Hall–Kier alpha value is -5.07. The predicted molar refractivity (Wildman–Crippen MR) is 147 cm³/mol. The molecule has 3 aromatic heterocycles. The van der Waals surface area contributed by atoms with Gasteiger partial charge in [0.05, 0.1) is 29.3 Å². The van der Waals surface area contributed by atoms with Crippen molar-refractivity contribution in [3.05, 3.63) is 101 Å². The molecule has 0 fully saturated rings. The first-order valence-corrected chi connectivity index (χ1v) is 13.8. The number of fused-ring (bicyclic) bond motifs is 1. The number of carbonyl (C=O) groups excluding carboxylic acids is 1. The minimum atomic E-state index is -4.62. The standard InChI is InChI=1S/C26H18F3N7O.CH4O3S/c1-16-19(7-6-18-13-30-24-8-9-32-35(24)14-18)4-3-5-23(16)25(37)33-21-10-20(26(27,28)29)11-22(12-21)36-15-31-17(2)34-36;1-5(2,3)4/h3-5,8-15H,1-2H3,(H,33,37);1H3,(H,2,3,4). The smallest absolute Gasteiger partial charge is 0.322 e. The Labute approximate surface area is 237 Å². The molecule has 5 aromatic rings. The van der Waals surface area contributed by atoms with Crippen molar-refractivity contribution in [1.82, 2.24) is 29.4 Å². The van der Waals surface area contributed by atoms with Crippen molar-refractivity contribution in [3.8, 4) is 17.5 Å². The summed E-state index contributed by atoms with van der Waals surface area (Å²) in [5.41, 5.74) is 1.94. The molecule has 0 radical (unpaired) electrons. The fourth-order valence-corrected chi connectivity index (χ4v) is 3.68.